The van der Waals surface area contributed by atoms with Gasteiger partial charge in [-0.15, -0.1) is 0 Å². The molecule has 1 atom stereocenters. The van der Waals surface area contributed by atoms with Crippen LogP contribution in [0.1, 0.15) is 54.0 Å². The maximum atomic E-state index is 5.66. The summed E-state index contributed by atoms with van der Waals surface area (Å²) >= 11 is 0. The summed E-state index contributed by atoms with van der Waals surface area (Å²) in [4.78, 5) is 0. The number of benzene rings is 1. The first-order valence-corrected chi connectivity index (χ1v) is 9.06. The second-order valence-electron chi connectivity index (χ2n) is 7.18. The summed E-state index contributed by atoms with van der Waals surface area (Å²) in [5, 5.41) is 8.05. The molecule has 24 heavy (non-hydrogen) atoms. The number of nitrogens with zero attached hydrogens (tertiary/aromatic N) is 1. The molecule has 1 aliphatic heterocycles. The molecule has 1 aliphatic carbocycles. The lowest BCUT2D eigenvalue weighted by Crippen LogP contribution is -2.40. The van der Waals surface area contributed by atoms with Gasteiger partial charge in [-0.2, -0.15) is 0 Å². The molecule has 4 heteroatoms. The fraction of sp³-hybridized carbons (Fsp3) is 0.550. The minimum absolute atomic E-state index is 0.291. The smallest absolute Gasteiger partial charge is 0.138 e. The van der Waals surface area contributed by atoms with Crippen LogP contribution in [0.15, 0.2) is 28.8 Å². The summed E-state index contributed by atoms with van der Waals surface area (Å²) in [6.45, 7) is 6.71. The van der Waals surface area contributed by atoms with Gasteiger partial charge in [-0.3, -0.25) is 0 Å². The fourth-order valence-corrected chi connectivity index (χ4v) is 4.50. The number of aromatic nitrogens is 1. The van der Waals surface area contributed by atoms with Crippen molar-refractivity contribution in [1.29, 1.82) is 0 Å². The molecule has 1 saturated heterocycles. The lowest BCUT2D eigenvalue weighted by atomic mass is 9.74. The first kappa shape index (κ1) is 15.9. The van der Waals surface area contributed by atoms with Gasteiger partial charge in [0.25, 0.3) is 0 Å². The lowest BCUT2D eigenvalue weighted by molar-refractivity contribution is -0.000256. The SMILES string of the molecule is CCc1noc(C)c1CNC1c2ccccc2CC12CCOCC2. The zero-order valence-corrected chi connectivity index (χ0v) is 14.6. The van der Waals surface area contributed by atoms with Gasteiger partial charge in [-0.1, -0.05) is 36.3 Å². The van der Waals surface area contributed by atoms with E-state index >= 15 is 0 Å². The number of hydrogen-bond acceptors (Lipinski definition) is 4. The summed E-state index contributed by atoms with van der Waals surface area (Å²) in [6.07, 6.45) is 4.33. The van der Waals surface area contributed by atoms with E-state index in [0.29, 0.717) is 11.5 Å². The normalized spacial score (nSPS) is 22.0. The highest BCUT2D eigenvalue weighted by Gasteiger charge is 2.46. The monoisotopic (exact) mass is 326 g/mol. The summed E-state index contributed by atoms with van der Waals surface area (Å²) in [5.41, 5.74) is 5.55. The van der Waals surface area contributed by atoms with Gasteiger partial charge in [0.1, 0.15) is 5.76 Å². The largest absolute Gasteiger partial charge is 0.381 e. The maximum Gasteiger partial charge on any atom is 0.138 e. The zero-order valence-electron chi connectivity index (χ0n) is 14.6. The topological polar surface area (TPSA) is 47.3 Å². The molecule has 1 aromatic carbocycles. The van der Waals surface area contributed by atoms with Gasteiger partial charge in [-0.05, 0) is 49.1 Å². The van der Waals surface area contributed by atoms with E-state index in [2.05, 4.69) is 41.7 Å². The molecule has 1 N–H and O–H groups in total. The van der Waals surface area contributed by atoms with Crippen molar-refractivity contribution in [2.24, 2.45) is 5.41 Å². The van der Waals surface area contributed by atoms with Gasteiger partial charge in [0.05, 0.1) is 5.69 Å². The molecular formula is C20H26N2O2. The fourth-order valence-electron chi connectivity index (χ4n) is 4.50. The van der Waals surface area contributed by atoms with Crippen LogP contribution in [0.5, 0.6) is 0 Å². The van der Waals surface area contributed by atoms with Crippen molar-refractivity contribution in [1.82, 2.24) is 10.5 Å². The zero-order chi connectivity index (χ0) is 16.6. The number of hydrogen-bond donors (Lipinski definition) is 1. The van der Waals surface area contributed by atoms with Gasteiger partial charge >= 0.3 is 0 Å². The first-order valence-electron chi connectivity index (χ1n) is 9.06. The van der Waals surface area contributed by atoms with E-state index in [1.807, 2.05) is 6.92 Å². The van der Waals surface area contributed by atoms with Crippen LogP contribution >= 0.6 is 0 Å². The summed E-state index contributed by atoms with van der Waals surface area (Å²) in [6, 6.07) is 9.28. The van der Waals surface area contributed by atoms with E-state index in [4.69, 9.17) is 9.26 Å². The van der Waals surface area contributed by atoms with Crippen LogP contribution in [0.4, 0.5) is 0 Å². The molecule has 2 aliphatic rings. The van der Waals surface area contributed by atoms with E-state index in [1.54, 1.807) is 0 Å². The number of rotatable bonds is 4. The summed E-state index contributed by atoms with van der Waals surface area (Å²) < 4.78 is 11.1. The number of fused-ring (bicyclic) bond motifs is 1. The van der Waals surface area contributed by atoms with Crippen LogP contribution in [-0.4, -0.2) is 18.4 Å². The minimum Gasteiger partial charge on any atom is -0.381 e. The molecule has 4 nitrogen and oxygen atoms in total. The molecular weight excluding hydrogens is 300 g/mol. The Morgan fingerprint density at radius 3 is 2.83 bits per heavy atom. The Morgan fingerprint density at radius 1 is 1.25 bits per heavy atom. The molecule has 4 rings (SSSR count). The Kier molecular flexibility index (Phi) is 4.19. The second-order valence-corrected chi connectivity index (χ2v) is 7.18. The van der Waals surface area contributed by atoms with Crippen molar-refractivity contribution in [3.05, 3.63) is 52.4 Å². The van der Waals surface area contributed by atoms with Crippen LogP contribution in [0.2, 0.25) is 0 Å². The van der Waals surface area contributed by atoms with E-state index in [0.717, 1.165) is 56.9 Å². The molecule has 1 aromatic heterocycles. The van der Waals surface area contributed by atoms with Crippen molar-refractivity contribution in [3.63, 3.8) is 0 Å². The highest BCUT2D eigenvalue weighted by Crippen LogP contribution is 2.51. The third kappa shape index (κ3) is 2.58. The Hall–Kier alpha value is -1.65. The van der Waals surface area contributed by atoms with Crippen molar-refractivity contribution in [2.45, 2.75) is 52.1 Å². The number of nitrogens with one attached hydrogen (secondary N) is 1. The van der Waals surface area contributed by atoms with E-state index in [1.165, 1.54) is 16.7 Å². The average Bonchev–Trinajstić information content (AvgIpc) is 3.11. The van der Waals surface area contributed by atoms with E-state index in [-0.39, 0.29) is 0 Å². The molecule has 1 fully saturated rings. The van der Waals surface area contributed by atoms with Crippen LogP contribution < -0.4 is 5.32 Å². The molecule has 0 saturated carbocycles. The molecule has 128 valence electrons. The van der Waals surface area contributed by atoms with Gasteiger partial charge in [0.2, 0.25) is 0 Å². The lowest BCUT2D eigenvalue weighted by Gasteiger charge is -2.39. The third-order valence-electron chi connectivity index (χ3n) is 5.89. The Bertz CT molecular complexity index is 716. The average molecular weight is 326 g/mol. The minimum atomic E-state index is 0.291. The van der Waals surface area contributed by atoms with Crippen LogP contribution in [0.25, 0.3) is 0 Å². The Labute approximate surface area is 143 Å². The molecule has 2 heterocycles. The Morgan fingerprint density at radius 2 is 2.04 bits per heavy atom. The highest BCUT2D eigenvalue weighted by atomic mass is 16.5. The molecule has 2 aromatic rings. The number of ether oxygens (including phenoxy) is 1. The van der Waals surface area contributed by atoms with Gasteiger partial charge in [-0.25, -0.2) is 0 Å². The third-order valence-corrected chi connectivity index (χ3v) is 5.89. The summed E-state index contributed by atoms with van der Waals surface area (Å²) in [7, 11) is 0. The van der Waals surface area contributed by atoms with Crippen LogP contribution in [0.3, 0.4) is 0 Å². The standard InChI is InChI=1S/C20H26N2O2/c1-3-18-17(14(2)24-22-18)13-21-19-16-7-5-4-6-15(16)12-20(19)8-10-23-11-9-20/h4-7,19,21H,3,8-13H2,1-2H3. The van der Waals surface area contributed by atoms with Gasteiger partial charge < -0.3 is 14.6 Å². The number of aryl methyl sites for hydroxylation is 2. The predicted molar refractivity (Wildman–Crippen MR) is 92.8 cm³/mol. The Balaban J connectivity index is 1.62. The van der Waals surface area contributed by atoms with Gasteiger partial charge in [0.15, 0.2) is 0 Å². The van der Waals surface area contributed by atoms with Crippen molar-refractivity contribution in [3.8, 4) is 0 Å². The second kappa shape index (κ2) is 6.34. The molecule has 0 amide bonds. The predicted octanol–water partition coefficient (Wildman–Crippen LogP) is 3.73. The van der Waals surface area contributed by atoms with Gasteiger partial charge in [0, 0.05) is 31.4 Å². The molecule has 1 spiro atoms. The van der Waals surface area contributed by atoms with Crippen molar-refractivity contribution >= 4 is 0 Å². The van der Waals surface area contributed by atoms with E-state index < -0.39 is 0 Å². The molecule has 1 unspecified atom stereocenters. The molecule has 0 radical (unpaired) electrons. The van der Waals surface area contributed by atoms with Crippen LogP contribution in [-0.2, 0) is 24.1 Å². The van der Waals surface area contributed by atoms with Crippen molar-refractivity contribution < 1.29 is 9.26 Å². The maximum absolute atomic E-state index is 5.66. The van der Waals surface area contributed by atoms with E-state index in [9.17, 15) is 0 Å². The van der Waals surface area contributed by atoms with Crippen LogP contribution in [0, 0.1) is 12.3 Å². The first-order chi connectivity index (χ1) is 11.7. The molecule has 0 bridgehead atoms. The quantitative estimate of drug-likeness (QED) is 0.930. The summed E-state index contributed by atoms with van der Waals surface area (Å²) in [5.74, 6) is 0.937. The van der Waals surface area contributed by atoms with Crippen molar-refractivity contribution in [2.75, 3.05) is 13.2 Å². The highest BCUT2D eigenvalue weighted by molar-refractivity contribution is 5.38.